The van der Waals surface area contributed by atoms with Gasteiger partial charge >= 0.3 is 0 Å². The number of rotatable bonds is 5. The lowest BCUT2D eigenvalue weighted by Crippen LogP contribution is -2.53. The zero-order chi connectivity index (χ0) is 18.6. The second-order valence-electron chi connectivity index (χ2n) is 7.67. The second kappa shape index (κ2) is 8.16. The minimum absolute atomic E-state index is 0.125. The van der Waals surface area contributed by atoms with Gasteiger partial charge in [-0.25, -0.2) is 0 Å². The molecule has 0 radical (unpaired) electrons. The molecule has 2 amide bonds. The first-order chi connectivity index (χ1) is 12.5. The normalized spacial score (nSPS) is 21.1. The summed E-state index contributed by atoms with van der Waals surface area (Å²) < 4.78 is 0. The van der Waals surface area contributed by atoms with Crippen LogP contribution in [0.1, 0.15) is 44.6 Å². The van der Waals surface area contributed by atoms with Gasteiger partial charge in [0.15, 0.2) is 0 Å². The van der Waals surface area contributed by atoms with Crippen molar-refractivity contribution in [1.29, 1.82) is 0 Å². The third-order valence-electron chi connectivity index (χ3n) is 5.98. The smallest absolute Gasteiger partial charge is 0.251 e. The summed E-state index contributed by atoms with van der Waals surface area (Å²) in [6.45, 7) is 4.71. The van der Waals surface area contributed by atoms with Crippen LogP contribution in [0.5, 0.6) is 0 Å². The Kier molecular flexibility index (Phi) is 5.91. The number of aromatic nitrogens is 1. The summed E-state index contributed by atoms with van der Waals surface area (Å²) >= 11 is 0. The Hall–Kier alpha value is -1.95. The van der Waals surface area contributed by atoms with E-state index in [4.69, 9.17) is 0 Å². The van der Waals surface area contributed by atoms with Gasteiger partial charge in [0.2, 0.25) is 5.91 Å². The fourth-order valence-corrected chi connectivity index (χ4v) is 4.11. The lowest BCUT2D eigenvalue weighted by molar-refractivity contribution is -0.146. The van der Waals surface area contributed by atoms with Crippen molar-refractivity contribution < 1.29 is 14.7 Å². The Morgan fingerprint density at radius 1 is 1.27 bits per heavy atom. The van der Waals surface area contributed by atoms with Gasteiger partial charge in [0.25, 0.3) is 5.91 Å². The molecule has 2 saturated heterocycles. The Labute approximate surface area is 155 Å². The van der Waals surface area contributed by atoms with E-state index in [2.05, 4.69) is 4.98 Å². The molecule has 3 rings (SSSR count). The van der Waals surface area contributed by atoms with Crippen molar-refractivity contribution in [2.24, 2.45) is 5.41 Å². The van der Waals surface area contributed by atoms with Crippen LogP contribution in [0, 0.1) is 5.41 Å². The van der Waals surface area contributed by atoms with Crippen LogP contribution < -0.4 is 0 Å². The molecule has 6 heteroatoms. The van der Waals surface area contributed by atoms with Gasteiger partial charge in [-0.1, -0.05) is 6.92 Å². The molecule has 2 fully saturated rings. The molecule has 26 heavy (non-hydrogen) atoms. The van der Waals surface area contributed by atoms with Crippen molar-refractivity contribution in [3.63, 3.8) is 0 Å². The Bertz CT molecular complexity index is 626. The number of aliphatic hydroxyl groups excluding tert-OH is 1. The molecule has 1 unspecified atom stereocenters. The number of carbonyl (C=O) groups is 2. The number of aliphatic hydroxyl groups is 1. The number of carbonyl (C=O) groups excluding carboxylic acids is 2. The van der Waals surface area contributed by atoms with Gasteiger partial charge in [0.05, 0.1) is 0 Å². The van der Waals surface area contributed by atoms with Gasteiger partial charge in [0, 0.05) is 45.0 Å². The molecule has 0 aromatic carbocycles. The Morgan fingerprint density at radius 3 is 2.62 bits per heavy atom. The predicted octanol–water partition coefficient (Wildman–Crippen LogP) is 1.63. The maximum atomic E-state index is 12.4. The molecule has 1 aromatic rings. The van der Waals surface area contributed by atoms with Crippen LogP contribution in [0.25, 0.3) is 0 Å². The van der Waals surface area contributed by atoms with Gasteiger partial charge in [0.1, 0.15) is 6.10 Å². The monoisotopic (exact) mass is 359 g/mol. The number of piperidine rings is 2. The Balaban J connectivity index is 1.56. The van der Waals surface area contributed by atoms with Crippen LogP contribution in [0.2, 0.25) is 0 Å². The highest BCUT2D eigenvalue weighted by atomic mass is 16.3. The molecule has 0 bridgehead atoms. The number of nitrogens with zero attached hydrogens (tertiary/aromatic N) is 3. The molecule has 1 aromatic heterocycles. The molecule has 2 aliphatic heterocycles. The summed E-state index contributed by atoms with van der Waals surface area (Å²) in [5.74, 6) is 0.0911. The van der Waals surface area contributed by atoms with E-state index in [1.165, 1.54) is 5.56 Å². The summed E-state index contributed by atoms with van der Waals surface area (Å²) in [7, 11) is 0. The topological polar surface area (TPSA) is 73.7 Å². The minimum atomic E-state index is -0.881. The predicted molar refractivity (Wildman–Crippen MR) is 98.3 cm³/mol. The van der Waals surface area contributed by atoms with E-state index < -0.39 is 6.10 Å². The number of hydrogen-bond acceptors (Lipinski definition) is 4. The van der Waals surface area contributed by atoms with E-state index in [-0.39, 0.29) is 17.2 Å². The standard InChI is InChI=1S/C20H29N3O3/c1-2-17(24)19(26)22-13-8-20(9-14-22)7-3-18(25)23(15-20)12-6-16-4-10-21-11-5-16/h4-5,10-11,17,24H,2-3,6-9,12-15H2,1H3. The lowest BCUT2D eigenvalue weighted by atomic mass is 9.72. The number of hydrogen-bond donors (Lipinski definition) is 1. The lowest BCUT2D eigenvalue weighted by Gasteiger charge is -2.47. The van der Waals surface area contributed by atoms with E-state index in [0.29, 0.717) is 25.9 Å². The third-order valence-corrected chi connectivity index (χ3v) is 5.98. The highest BCUT2D eigenvalue weighted by Crippen LogP contribution is 2.40. The maximum absolute atomic E-state index is 12.4. The first-order valence-electron chi connectivity index (χ1n) is 9.66. The fraction of sp³-hybridized carbons (Fsp3) is 0.650. The maximum Gasteiger partial charge on any atom is 0.251 e. The first kappa shape index (κ1) is 18.8. The quantitative estimate of drug-likeness (QED) is 0.867. The van der Waals surface area contributed by atoms with E-state index in [1.807, 2.05) is 24.0 Å². The van der Waals surface area contributed by atoms with Crippen LogP contribution in [0.15, 0.2) is 24.5 Å². The van der Waals surface area contributed by atoms with Crippen LogP contribution in [-0.2, 0) is 16.0 Å². The molecule has 2 aliphatic rings. The summed E-state index contributed by atoms with van der Waals surface area (Å²) in [5.41, 5.74) is 1.32. The molecular weight excluding hydrogens is 330 g/mol. The molecular formula is C20H29N3O3. The third kappa shape index (κ3) is 4.23. The number of likely N-dealkylation sites (tertiary alicyclic amines) is 2. The van der Waals surface area contributed by atoms with Crippen molar-refractivity contribution in [3.8, 4) is 0 Å². The van der Waals surface area contributed by atoms with Gasteiger partial charge < -0.3 is 14.9 Å². The Morgan fingerprint density at radius 2 is 1.96 bits per heavy atom. The molecule has 0 saturated carbocycles. The highest BCUT2D eigenvalue weighted by Gasteiger charge is 2.41. The zero-order valence-corrected chi connectivity index (χ0v) is 15.6. The van der Waals surface area contributed by atoms with Gasteiger partial charge in [-0.2, -0.15) is 0 Å². The molecule has 142 valence electrons. The average Bonchev–Trinajstić information content (AvgIpc) is 2.69. The molecule has 1 atom stereocenters. The number of amides is 2. The number of pyridine rings is 1. The molecule has 1 spiro atoms. The van der Waals surface area contributed by atoms with Gasteiger partial charge in [-0.3, -0.25) is 14.6 Å². The van der Waals surface area contributed by atoms with Crippen molar-refractivity contribution >= 4 is 11.8 Å². The van der Waals surface area contributed by atoms with E-state index in [1.54, 1.807) is 17.3 Å². The van der Waals surface area contributed by atoms with Crippen molar-refractivity contribution in [3.05, 3.63) is 30.1 Å². The molecule has 1 N–H and O–H groups in total. The van der Waals surface area contributed by atoms with E-state index in [0.717, 1.165) is 38.8 Å². The minimum Gasteiger partial charge on any atom is -0.383 e. The summed E-state index contributed by atoms with van der Waals surface area (Å²) in [6, 6.07) is 3.99. The van der Waals surface area contributed by atoms with Gasteiger partial charge in [-0.05, 0) is 55.2 Å². The van der Waals surface area contributed by atoms with E-state index in [9.17, 15) is 14.7 Å². The molecule has 6 nitrogen and oxygen atoms in total. The van der Waals surface area contributed by atoms with Gasteiger partial charge in [-0.15, -0.1) is 0 Å². The van der Waals surface area contributed by atoms with Crippen LogP contribution in [-0.4, -0.2) is 64.0 Å². The fourth-order valence-electron chi connectivity index (χ4n) is 4.11. The average molecular weight is 359 g/mol. The summed E-state index contributed by atoms with van der Waals surface area (Å²) in [6.07, 6.45) is 7.32. The van der Waals surface area contributed by atoms with Crippen LogP contribution >= 0.6 is 0 Å². The highest BCUT2D eigenvalue weighted by molar-refractivity contribution is 5.80. The summed E-state index contributed by atoms with van der Waals surface area (Å²) in [4.78, 5) is 32.4. The van der Waals surface area contributed by atoms with E-state index >= 15 is 0 Å². The van der Waals surface area contributed by atoms with Crippen LogP contribution in [0.4, 0.5) is 0 Å². The van der Waals surface area contributed by atoms with Crippen molar-refractivity contribution in [1.82, 2.24) is 14.8 Å². The van der Waals surface area contributed by atoms with Crippen LogP contribution in [0.3, 0.4) is 0 Å². The SMILES string of the molecule is CCC(O)C(=O)N1CCC2(CCC(=O)N(CCc3ccncc3)C2)CC1. The first-order valence-corrected chi connectivity index (χ1v) is 9.66. The zero-order valence-electron chi connectivity index (χ0n) is 15.6. The van der Waals surface area contributed by atoms with Crippen molar-refractivity contribution in [2.75, 3.05) is 26.2 Å². The second-order valence-corrected chi connectivity index (χ2v) is 7.67. The van der Waals surface area contributed by atoms with Crippen molar-refractivity contribution in [2.45, 2.75) is 51.6 Å². The largest absolute Gasteiger partial charge is 0.383 e. The summed E-state index contributed by atoms with van der Waals surface area (Å²) in [5, 5.41) is 9.79. The molecule has 3 heterocycles. The molecule has 0 aliphatic carbocycles.